The van der Waals surface area contributed by atoms with Crippen LogP contribution >= 0.6 is 23.5 Å². The molecule has 1 aromatic rings. The number of carbonyl (C=O) groups is 3. The molecule has 3 amide bonds. The molecule has 2 fully saturated rings. The maximum absolute atomic E-state index is 13.7. The van der Waals surface area contributed by atoms with Crippen molar-refractivity contribution in [3.05, 3.63) is 29.8 Å². The van der Waals surface area contributed by atoms with Gasteiger partial charge >= 0.3 is 0 Å². The smallest absolute Gasteiger partial charge is 0.250 e. The highest BCUT2D eigenvalue weighted by molar-refractivity contribution is 8.00. The van der Waals surface area contributed by atoms with E-state index in [4.69, 9.17) is 6.42 Å². The maximum atomic E-state index is 13.7. The van der Waals surface area contributed by atoms with E-state index in [2.05, 4.69) is 34.0 Å². The van der Waals surface area contributed by atoms with E-state index in [1.54, 1.807) is 35.5 Å². The number of benzene rings is 1. The molecule has 0 saturated carbocycles. The summed E-state index contributed by atoms with van der Waals surface area (Å²) in [6.07, 6.45) is 7.51. The highest BCUT2D eigenvalue weighted by atomic mass is 32.2. The molecule has 0 aromatic heterocycles. The van der Waals surface area contributed by atoms with Gasteiger partial charge in [0.15, 0.2) is 0 Å². The Morgan fingerprint density at radius 1 is 1.18 bits per heavy atom. The van der Waals surface area contributed by atoms with Gasteiger partial charge in [0, 0.05) is 10.6 Å². The number of fused-ring (bicyclic) bond motifs is 2. The van der Waals surface area contributed by atoms with E-state index in [1.807, 2.05) is 26.0 Å². The normalized spacial score (nSPS) is 28.6. The number of hydrogen-bond acceptors (Lipinski definition) is 6. The van der Waals surface area contributed by atoms with Crippen LogP contribution in [-0.4, -0.2) is 64.7 Å². The molecule has 0 unspecified atom stereocenters. The van der Waals surface area contributed by atoms with Crippen LogP contribution in [0.2, 0.25) is 0 Å². The fourth-order valence-electron chi connectivity index (χ4n) is 5.14. The molecule has 9 heteroatoms. The maximum Gasteiger partial charge on any atom is 0.250 e. The van der Waals surface area contributed by atoms with Crippen LogP contribution in [0.4, 0.5) is 0 Å². The lowest BCUT2D eigenvalue weighted by Gasteiger charge is -2.36. The lowest BCUT2D eigenvalue weighted by atomic mass is 9.83. The van der Waals surface area contributed by atoms with Crippen molar-refractivity contribution in [3.8, 4) is 12.3 Å². The third-order valence-electron chi connectivity index (χ3n) is 6.86. The van der Waals surface area contributed by atoms with Crippen LogP contribution in [-0.2, 0) is 14.4 Å². The average Bonchev–Trinajstić information content (AvgIpc) is 3.00. The quantitative estimate of drug-likeness (QED) is 0.537. The molecular weight excluding hydrogens is 468 g/mol. The molecule has 3 aliphatic rings. The second-order valence-corrected chi connectivity index (χ2v) is 12.1. The fourth-order valence-corrected chi connectivity index (χ4v) is 7.84. The zero-order valence-electron chi connectivity index (χ0n) is 19.8. The summed E-state index contributed by atoms with van der Waals surface area (Å²) in [7, 11) is 1.61. The number of likely N-dealkylation sites (N-methyl/N-ethyl adjacent to an activating group) is 1. The van der Waals surface area contributed by atoms with Gasteiger partial charge in [-0.1, -0.05) is 38.0 Å². The number of thioether (sulfide) groups is 2. The third-order valence-corrected chi connectivity index (χ3v) is 9.23. The van der Waals surface area contributed by atoms with Gasteiger partial charge in [-0.25, -0.2) is 0 Å². The van der Waals surface area contributed by atoms with Crippen LogP contribution in [0.1, 0.15) is 44.7 Å². The van der Waals surface area contributed by atoms with Crippen LogP contribution in [0.5, 0.6) is 0 Å². The van der Waals surface area contributed by atoms with Gasteiger partial charge in [0.05, 0.1) is 11.4 Å². The molecule has 7 nitrogen and oxygen atoms in total. The minimum atomic E-state index is -0.808. The van der Waals surface area contributed by atoms with Gasteiger partial charge in [0.25, 0.3) is 0 Å². The molecule has 2 saturated heterocycles. The van der Waals surface area contributed by atoms with Crippen molar-refractivity contribution in [3.63, 3.8) is 0 Å². The van der Waals surface area contributed by atoms with E-state index < -0.39 is 29.4 Å². The first-order valence-corrected chi connectivity index (χ1v) is 13.7. The first-order valence-electron chi connectivity index (χ1n) is 11.7. The molecule has 182 valence electrons. The first kappa shape index (κ1) is 25.0. The van der Waals surface area contributed by atoms with Crippen molar-refractivity contribution >= 4 is 41.2 Å². The van der Waals surface area contributed by atoms with Crippen molar-refractivity contribution in [1.29, 1.82) is 0 Å². The summed E-state index contributed by atoms with van der Waals surface area (Å²) < 4.78 is 0. The minimum absolute atomic E-state index is 0.0722. The highest BCUT2D eigenvalue weighted by Gasteiger charge is 2.54. The molecule has 0 aliphatic carbocycles. The zero-order valence-corrected chi connectivity index (χ0v) is 21.4. The Kier molecular flexibility index (Phi) is 7.51. The molecule has 4 rings (SSSR count). The van der Waals surface area contributed by atoms with Gasteiger partial charge in [-0.05, 0) is 49.1 Å². The second-order valence-electron chi connectivity index (χ2n) is 9.64. The van der Waals surface area contributed by atoms with Crippen LogP contribution < -0.4 is 16.0 Å². The molecule has 0 spiro atoms. The Morgan fingerprint density at radius 3 is 2.65 bits per heavy atom. The molecule has 0 radical (unpaired) electrons. The molecule has 3 heterocycles. The van der Waals surface area contributed by atoms with E-state index in [1.165, 1.54) is 4.90 Å². The summed E-state index contributed by atoms with van der Waals surface area (Å²) in [5, 5.41) is 8.75. The van der Waals surface area contributed by atoms with Gasteiger partial charge < -0.3 is 15.5 Å². The number of terminal acetylenes is 1. The Bertz CT molecular complexity index is 1010. The van der Waals surface area contributed by atoms with Crippen LogP contribution in [0.3, 0.4) is 0 Å². The number of rotatable bonds is 5. The Hall–Kier alpha value is -2.15. The predicted molar refractivity (Wildman–Crippen MR) is 136 cm³/mol. The molecule has 5 atom stereocenters. The predicted octanol–water partition coefficient (Wildman–Crippen LogP) is 2.14. The number of carbonyl (C=O) groups excluding carboxylic acids is 3. The van der Waals surface area contributed by atoms with Gasteiger partial charge in [0.1, 0.15) is 18.1 Å². The SMILES string of the molecule is C#C[C@H](NC)C(=O)N[C@H]1CCS[C@H]2CC(C)(C)[C@@H](C(=O)N[C@@H]3CCSc4ccccc43)N2C1=O. The summed E-state index contributed by atoms with van der Waals surface area (Å²) in [6, 6.07) is 5.98. The second kappa shape index (κ2) is 10.2. The monoisotopic (exact) mass is 500 g/mol. The Labute approximate surface area is 209 Å². The molecular formula is C25H32N4O3S2. The average molecular weight is 501 g/mol. The topological polar surface area (TPSA) is 90.5 Å². The van der Waals surface area contributed by atoms with Gasteiger partial charge in [-0.2, -0.15) is 0 Å². The third kappa shape index (κ3) is 4.81. The summed E-state index contributed by atoms with van der Waals surface area (Å²) in [4.78, 5) is 42.9. The zero-order chi connectivity index (χ0) is 24.5. The van der Waals surface area contributed by atoms with Crippen molar-refractivity contribution < 1.29 is 14.4 Å². The number of hydrogen-bond donors (Lipinski definition) is 3. The van der Waals surface area contributed by atoms with E-state index in [0.29, 0.717) is 6.42 Å². The van der Waals surface area contributed by atoms with Crippen molar-refractivity contribution in [2.75, 3.05) is 18.6 Å². The van der Waals surface area contributed by atoms with E-state index in [-0.39, 0.29) is 23.2 Å². The van der Waals surface area contributed by atoms with Crippen LogP contribution in [0, 0.1) is 17.8 Å². The minimum Gasteiger partial charge on any atom is -0.347 e. The lowest BCUT2D eigenvalue weighted by Crippen LogP contribution is -2.58. The lowest BCUT2D eigenvalue weighted by molar-refractivity contribution is -0.144. The fraction of sp³-hybridized carbons (Fsp3) is 0.560. The summed E-state index contributed by atoms with van der Waals surface area (Å²) in [5.74, 6) is 3.31. The summed E-state index contributed by atoms with van der Waals surface area (Å²) >= 11 is 3.49. The molecule has 0 bridgehead atoms. The van der Waals surface area contributed by atoms with Crippen LogP contribution in [0.15, 0.2) is 29.2 Å². The van der Waals surface area contributed by atoms with Gasteiger partial charge in [-0.3, -0.25) is 19.7 Å². The van der Waals surface area contributed by atoms with Crippen molar-refractivity contribution in [2.24, 2.45) is 5.41 Å². The molecule has 1 aromatic carbocycles. The van der Waals surface area contributed by atoms with Crippen molar-refractivity contribution in [2.45, 2.75) is 67.5 Å². The number of nitrogens with zero attached hydrogens (tertiary/aromatic N) is 1. The van der Waals surface area contributed by atoms with Gasteiger partial charge in [0.2, 0.25) is 17.7 Å². The standard InChI is InChI=1S/C25H32N4O3S2/c1-5-16(26-4)22(30)28-18-11-13-34-20-14-25(2,3)21(29(20)24(18)32)23(31)27-17-10-12-33-19-9-7-6-8-15(17)19/h1,6-9,16-18,20-21,26H,10-14H2,2-4H3,(H,27,31)(H,28,30)/t16-,17+,18-,20-,21+/m0/s1. The van der Waals surface area contributed by atoms with E-state index in [9.17, 15) is 14.4 Å². The van der Waals surface area contributed by atoms with Crippen molar-refractivity contribution in [1.82, 2.24) is 20.9 Å². The van der Waals surface area contributed by atoms with E-state index >= 15 is 0 Å². The van der Waals surface area contributed by atoms with E-state index in [0.717, 1.165) is 29.9 Å². The molecule has 34 heavy (non-hydrogen) atoms. The Morgan fingerprint density at radius 2 is 1.91 bits per heavy atom. The summed E-state index contributed by atoms with van der Waals surface area (Å²) in [6.45, 7) is 4.10. The molecule has 3 aliphatic heterocycles. The molecule has 3 N–H and O–H groups in total. The Balaban J connectivity index is 1.56. The highest BCUT2D eigenvalue weighted by Crippen LogP contribution is 2.46. The van der Waals surface area contributed by atoms with Gasteiger partial charge in [-0.15, -0.1) is 29.9 Å². The van der Waals surface area contributed by atoms with Crippen LogP contribution in [0.25, 0.3) is 0 Å². The number of amides is 3. The summed E-state index contributed by atoms with van der Waals surface area (Å²) in [5.41, 5.74) is 0.743. The first-order chi connectivity index (χ1) is 16.3. The largest absolute Gasteiger partial charge is 0.347 e. The number of nitrogens with one attached hydrogen (secondary N) is 3.